The van der Waals surface area contributed by atoms with Crippen LogP contribution in [0.5, 0.6) is 0 Å². The molecule has 1 aromatic carbocycles. The molecule has 7 heteroatoms. The van der Waals surface area contributed by atoms with Crippen LogP contribution in [-0.2, 0) is 12.0 Å². The van der Waals surface area contributed by atoms with E-state index in [2.05, 4.69) is 28.8 Å². The zero-order valence-electron chi connectivity index (χ0n) is 19.9. The quantitative estimate of drug-likeness (QED) is 0.535. The first-order chi connectivity index (χ1) is 15.6. The number of hydrogen-bond acceptors (Lipinski definition) is 6. The highest BCUT2D eigenvalue weighted by atomic mass is 16.3. The topological polar surface area (TPSA) is 91.0 Å². The van der Waals surface area contributed by atoms with E-state index in [1.807, 2.05) is 16.6 Å². The third-order valence-electron chi connectivity index (χ3n) is 6.68. The number of aliphatic hydroxyl groups is 2. The molecule has 0 bridgehead atoms. The molecular weight excluding hydrogens is 416 g/mol. The number of hydrogen-bond donors (Lipinski definition) is 2. The van der Waals surface area contributed by atoms with E-state index in [-0.39, 0.29) is 24.2 Å². The van der Waals surface area contributed by atoms with Crippen LogP contribution in [0.15, 0.2) is 42.6 Å². The summed E-state index contributed by atoms with van der Waals surface area (Å²) in [7, 11) is 0. The van der Waals surface area contributed by atoms with Gasteiger partial charge in [0.1, 0.15) is 5.82 Å². The fourth-order valence-corrected chi connectivity index (χ4v) is 4.61. The van der Waals surface area contributed by atoms with E-state index < -0.39 is 5.60 Å². The molecule has 1 unspecified atom stereocenters. The van der Waals surface area contributed by atoms with Gasteiger partial charge in [0, 0.05) is 30.8 Å². The third kappa shape index (κ3) is 5.09. The highest BCUT2D eigenvalue weighted by Gasteiger charge is 2.28. The third-order valence-corrected chi connectivity index (χ3v) is 6.68. The minimum absolute atomic E-state index is 0.0154. The van der Waals surface area contributed by atoms with Gasteiger partial charge < -0.3 is 15.1 Å². The molecule has 3 aromatic rings. The number of carbonyl (C=O) groups is 1. The van der Waals surface area contributed by atoms with Gasteiger partial charge in [-0.25, -0.2) is 4.98 Å². The predicted molar refractivity (Wildman–Crippen MR) is 128 cm³/mol. The molecule has 0 aliphatic carbocycles. The summed E-state index contributed by atoms with van der Waals surface area (Å²) in [5.41, 5.74) is 1.86. The first kappa shape index (κ1) is 23.4. The van der Waals surface area contributed by atoms with E-state index in [0.29, 0.717) is 17.2 Å². The summed E-state index contributed by atoms with van der Waals surface area (Å²) in [5, 5.41) is 25.0. The molecule has 1 atom stereocenters. The molecular formula is C26H34N4O3. The molecule has 33 heavy (non-hydrogen) atoms. The molecule has 1 aliphatic rings. The number of Topliss-reactive ketones (excluding diaryl/α,β-unsaturated/α-hetero) is 1. The van der Waals surface area contributed by atoms with E-state index in [9.17, 15) is 15.0 Å². The van der Waals surface area contributed by atoms with E-state index in [0.717, 1.165) is 43.0 Å². The Bertz CT molecular complexity index is 1110. The van der Waals surface area contributed by atoms with E-state index >= 15 is 0 Å². The Hall–Kier alpha value is -2.77. The highest BCUT2D eigenvalue weighted by molar-refractivity contribution is 5.97. The molecule has 1 fully saturated rings. The van der Waals surface area contributed by atoms with E-state index in [1.54, 1.807) is 44.3 Å². The van der Waals surface area contributed by atoms with Crippen LogP contribution in [-0.4, -0.2) is 49.8 Å². The van der Waals surface area contributed by atoms with Crippen LogP contribution in [0, 0.1) is 11.8 Å². The first-order valence-electron chi connectivity index (χ1n) is 11.8. The number of ketones is 1. The van der Waals surface area contributed by atoms with Crippen molar-refractivity contribution >= 4 is 17.2 Å². The molecule has 0 amide bonds. The summed E-state index contributed by atoms with van der Waals surface area (Å²) >= 11 is 0. The van der Waals surface area contributed by atoms with Crippen molar-refractivity contribution in [2.24, 2.45) is 11.8 Å². The fraction of sp³-hybridized carbons (Fsp3) is 0.500. The summed E-state index contributed by atoms with van der Waals surface area (Å²) in [4.78, 5) is 19.9. The van der Waals surface area contributed by atoms with Crippen LogP contribution in [0.4, 0.5) is 5.82 Å². The minimum atomic E-state index is -0.941. The van der Waals surface area contributed by atoms with Gasteiger partial charge in [0.05, 0.1) is 30.0 Å². The smallest absolute Gasteiger partial charge is 0.168 e. The molecule has 4 rings (SSSR count). The number of benzene rings is 1. The number of aliphatic hydroxyl groups excluding tert-OH is 1. The van der Waals surface area contributed by atoms with Gasteiger partial charge in [-0.3, -0.25) is 4.79 Å². The van der Waals surface area contributed by atoms with Gasteiger partial charge in [0.2, 0.25) is 0 Å². The maximum absolute atomic E-state index is 13.0. The number of nitrogens with zero attached hydrogens (tertiary/aromatic N) is 4. The Labute approximate surface area is 195 Å². The van der Waals surface area contributed by atoms with Crippen LogP contribution >= 0.6 is 0 Å². The van der Waals surface area contributed by atoms with Crippen LogP contribution in [0.3, 0.4) is 0 Å². The monoisotopic (exact) mass is 450 g/mol. The van der Waals surface area contributed by atoms with Crippen molar-refractivity contribution < 1.29 is 15.0 Å². The summed E-state index contributed by atoms with van der Waals surface area (Å²) in [6.45, 7) is 9.24. The minimum Gasteiger partial charge on any atom is -0.393 e. The van der Waals surface area contributed by atoms with Gasteiger partial charge in [-0.15, -0.1) is 0 Å². The lowest BCUT2D eigenvalue weighted by Gasteiger charge is -2.36. The molecule has 0 spiro atoms. The second-order valence-electron chi connectivity index (χ2n) is 10.0. The first-order valence-corrected chi connectivity index (χ1v) is 11.8. The molecule has 2 N–H and O–H groups in total. The molecule has 2 aromatic heterocycles. The maximum atomic E-state index is 13.0. The molecule has 1 aliphatic heterocycles. The van der Waals surface area contributed by atoms with Crippen LogP contribution in [0.1, 0.15) is 62.2 Å². The van der Waals surface area contributed by atoms with Crippen molar-refractivity contribution in [2.75, 3.05) is 18.0 Å². The van der Waals surface area contributed by atoms with Crippen molar-refractivity contribution in [3.05, 3.63) is 59.4 Å². The van der Waals surface area contributed by atoms with Gasteiger partial charge in [-0.05, 0) is 44.1 Å². The van der Waals surface area contributed by atoms with Crippen LogP contribution in [0.2, 0.25) is 0 Å². The van der Waals surface area contributed by atoms with Crippen molar-refractivity contribution in [1.29, 1.82) is 0 Å². The molecule has 7 nitrogen and oxygen atoms in total. The number of carbonyl (C=O) groups excluding carboxylic acids is 1. The zero-order valence-corrected chi connectivity index (χ0v) is 19.9. The van der Waals surface area contributed by atoms with Gasteiger partial charge in [0.15, 0.2) is 11.4 Å². The number of piperidine rings is 1. The summed E-state index contributed by atoms with van der Waals surface area (Å²) < 4.78 is 1.82. The molecule has 176 valence electrons. The van der Waals surface area contributed by atoms with Crippen molar-refractivity contribution in [1.82, 2.24) is 14.6 Å². The summed E-state index contributed by atoms with van der Waals surface area (Å²) in [6.07, 6.45) is 3.49. The summed E-state index contributed by atoms with van der Waals surface area (Å²) in [5.74, 6) is 1.49. The largest absolute Gasteiger partial charge is 0.393 e. The van der Waals surface area contributed by atoms with Crippen molar-refractivity contribution in [2.45, 2.75) is 58.7 Å². The highest BCUT2D eigenvalue weighted by Crippen LogP contribution is 2.29. The van der Waals surface area contributed by atoms with Crippen molar-refractivity contribution in [3.63, 3.8) is 0 Å². The lowest BCUT2D eigenvalue weighted by atomic mass is 9.86. The standard InChI is InChI=1S/C26H34N4O3/c1-17(2)25(32)19-10-13-29(14-11-19)24-16-21(28-23-9-12-27-30(23)24)15-22(31)18-5-7-20(8-6-18)26(3,4)33/h5-9,12,16-17,19,25,32-33H,10-11,13-15H2,1-4H3. The van der Waals surface area contributed by atoms with Crippen molar-refractivity contribution in [3.8, 4) is 0 Å². The number of rotatable bonds is 7. The Kier molecular flexibility index (Phi) is 6.54. The molecule has 3 heterocycles. The normalized spacial score (nSPS) is 16.5. The van der Waals surface area contributed by atoms with E-state index in [1.165, 1.54) is 0 Å². The Balaban J connectivity index is 1.53. The number of aromatic nitrogens is 3. The maximum Gasteiger partial charge on any atom is 0.168 e. The van der Waals surface area contributed by atoms with Gasteiger partial charge in [0.25, 0.3) is 0 Å². The SMILES string of the molecule is CC(C)C(O)C1CCN(c2cc(CC(=O)c3ccc(C(C)(C)O)cc3)nc3ccnn23)CC1. The second-order valence-corrected chi connectivity index (χ2v) is 10.0. The molecule has 0 saturated carbocycles. The summed E-state index contributed by atoms with van der Waals surface area (Å²) in [6, 6.07) is 10.9. The predicted octanol–water partition coefficient (Wildman–Crippen LogP) is 3.62. The van der Waals surface area contributed by atoms with Gasteiger partial charge in [-0.2, -0.15) is 9.61 Å². The average Bonchev–Trinajstić information content (AvgIpc) is 3.26. The Morgan fingerprint density at radius 1 is 1.15 bits per heavy atom. The number of fused-ring (bicyclic) bond motifs is 1. The average molecular weight is 451 g/mol. The lowest BCUT2D eigenvalue weighted by Crippen LogP contribution is -2.40. The van der Waals surface area contributed by atoms with Gasteiger partial charge in [-0.1, -0.05) is 38.1 Å². The second kappa shape index (κ2) is 9.23. The lowest BCUT2D eigenvalue weighted by molar-refractivity contribution is 0.0525. The van der Waals surface area contributed by atoms with Crippen LogP contribution < -0.4 is 4.90 Å². The van der Waals surface area contributed by atoms with Gasteiger partial charge >= 0.3 is 0 Å². The molecule has 1 saturated heterocycles. The zero-order chi connectivity index (χ0) is 23.8. The van der Waals surface area contributed by atoms with E-state index in [4.69, 9.17) is 0 Å². The molecule has 0 radical (unpaired) electrons. The van der Waals surface area contributed by atoms with Crippen LogP contribution in [0.25, 0.3) is 5.65 Å². The number of anilines is 1. The Morgan fingerprint density at radius 2 is 1.82 bits per heavy atom. The fourth-order valence-electron chi connectivity index (χ4n) is 4.61. The Morgan fingerprint density at radius 3 is 2.42 bits per heavy atom.